The number of carbonyl (C=O) groups excluding carboxylic acids is 1. The van der Waals surface area contributed by atoms with E-state index in [1.165, 1.54) is 0 Å². The van der Waals surface area contributed by atoms with E-state index in [1.54, 1.807) is 35.0 Å². The number of aliphatic hydroxyl groups is 1. The van der Waals surface area contributed by atoms with E-state index in [-0.39, 0.29) is 29.5 Å². The van der Waals surface area contributed by atoms with Crippen molar-refractivity contribution < 1.29 is 9.90 Å². The van der Waals surface area contributed by atoms with Crippen LogP contribution < -0.4 is 5.56 Å². The van der Waals surface area contributed by atoms with Crippen LogP contribution in [0.25, 0.3) is 0 Å². The van der Waals surface area contributed by atoms with Gasteiger partial charge in [-0.15, -0.1) is 0 Å². The normalized spacial score (nSPS) is 18.3. The van der Waals surface area contributed by atoms with E-state index < -0.39 is 6.10 Å². The van der Waals surface area contributed by atoms with Crippen LogP contribution in [0.1, 0.15) is 27.0 Å². The largest absolute Gasteiger partial charge is 0.391 e. The summed E-state index contributed by atoms with van der Waals surface area (Å²) in [6.07, 6.45) is 5.98. The summed E-state index contributed by atoms with van der Waals surface area (Å²) in [4.78, 5) is 32.0. The molecule has 0 bridgehead atoms. The van der Waals surface area contributed by atoms with Gasteiger partial charge in [0.15, 0.2) is 0 Å². The number of likely N-dealkylation sites (tertiary alicyclic amines) is 1. The molecule has 31 heavy (non-hydrogen) atoms. The van der Waals surface area contributed by atoms with Crippen molar-refractivity contribution in [2.24, 2.45) is 5.92 Å². The van der Waals surface area contributed by atoms with Crippen LogP contribution in [0.2, 0.25) is 0 Å². The number of aliphatic hydroxyl groups excluding tert-OH is 1. The first kappa shape index (κ1) is 21.0. The van der Waals surface area contributed by atoms with E-state index in [0.717, 1.165) is 11.1 Å². The van der Waals surface area contributed by atoms with E-state index in [1.807, 2.05) is 48.5 Å². The lowest BCUT2D eigenvalue weighted by atomic mass is 9.97. The molecule has 0 spiro atoms. The molecule has 2 atom stereocenters. The molecule has 1 aliphatic heterocycles. The van der Waals surface area contributed by atoms with Gasteiger partial charge in [-0.3, -0.25) is 14.6 Å². The molecule has 0 aliphatic carbocycles. The molecule has 2 aromatic heterocycles. The van der Waals surface area contributed by atoms with Crippen LogP contribution in [0, 0.1) is 12.8 Å². The number of pyridine rings is 2. The van der Waals surface area contributed by atoms with Crippen molar-refractivity contribution in [2.45, 2.75) is 32.4 Å². The fourth-order valence-electron chi connectivity index (χ4n) is 4.20. The third-order valence-electron chi connectivity index (χ3n) is 6.01. The zero-order valence-corrected chi connectivity index (χ0v) is 17.6. The van der Waals surface area contributed by atoms with Crippen molar-refractivity contribution in [3.63, 3.8) is 0 Å². The Morgan fingerprint density at radius 3 is 2.55 bits per heavy atom. The number of carbonyl (C=O) groups is 1. The zero-order chi connectivity index (χ0) is 21.8. The topological polar surface area (TPSA) is 75.4 Å². The maximum absolute atomic E-state index is 13.3. The van der Waals surface area contributed by atoms with Crippen LogP contribution in [0.3, 0.4) is 0 Å². The van der Waals surface area contributed by atoms with Crippen LogP contribution in [-0.4, -0.2) is 44.7 Å². The van der Waals surface area contributed by atoms with Gasteiger partial charge in [0.05, 0.1) is 6.10 Å². The summed E-state index contributed by atoms with van der Waals surface area (Å²) < 4.78 is 1.61. The number of nitrogens with zero attached hydrogens (tertiary/aromatic N) is 3. The molecule has 1 fully saturated rings. The van der Waals surface area contributed by atoms with Gasteiger partial charge in [0.1, 0.15) is 5.56 Å². The molecule has 1 aromatic carbocycles. The molecule has 0 unspecified atom stereocenters. The summed E-state index contributed by atoms with van der Waals surface area (Å²) in [5, 5.41) is 10.5. The van der Waals surface area contributed by atoms with Crippen molar-refractivity contribution in [1.82, 2.24) is 14.5 Å². The molecule has 1 saturated heterocycles. The summed E-state index contributed by atoms with van der Waals surface area (Å²) in [6, 6.07) is 15.6. The molecule has 1 aliphatic rings. The first-order valence-electron chi connectivity index (χ1n) is 10.6. The summed E-state index contributed by atoms with van der Waals surface area (Å²) in [7, 11) is 0. The summed E-state index contributed by atoms with van der Waals surface area (Å²) in [5.74, 6) is -0.358. The van der Waals surface area contributed by atoms with E-state index in [2.05, 4.69) is 4.98 Å². The van der Waals surface area contributed by atoms with Gasteiger partial charge in [0, 0.05) is 44.1 Å². The van der Waals surface area contributed by atoms with E-state index in [0.29, 0.717) is 31.5 Å². The lowest BCUT2D eigenvalue weighted by molar-refractivity contribution is 0.0761. The van der Waals surface area contributed by atoms with Crippen molar-refractivity contribution in [3.8, 4) is 0 Å². The Kier molecular flexibility index (Phi) is 6.28. The van der Waals surface area contributed by atoms with Crippen molar-refractivity contribution in [2.75, 3.05) is 13.1 Å². The van der Waals surface area contributed by atoms with Crippen molar-refractivity contribution >= 4 is 5.91 Å². The smallest absolute Gasteiger partial charge is 0.263 e. The lowest BCUT2D eigenvalue weighted by Crippen LogP contribution is -2.37. The molecule has 3 aromatic rings. The van der Waals surface area contributed by atoms with E-state index in [9.17, 15) is 14.7 Å². The Hall–Kier alpha value is -3.25. The Morgan fingerprint density at radius 1 is 1.06 bits per heavy atom. The number of aromatic nitrogens is 2. The van der Waals surface area contributed by atoms with Crippen LogP contribution >= 0.6 is 0 Å². The number of rotatable bonds is 6. The Labute approximate surface area is 181 Å². The first-order valence-corrected chi connectivity index (χ1v) is 10.6. The fraction of sp³-hybridized carbons (Fsp3) is 0.320. The van der Waals surface area contributed by atoms with Gasteiger partial charge < -0.3 is 14.6 Å². The van der Waals surface area contributed by atoms with Crippen LogP contribution in [0.15, 0.2) is 71.9 Å². The predicted octanol–water partition coefficient (Wildman–Crippen LogP) is 2.47. The average molecular weight is 418 g/mol. The zero-order valence-electron chi connectivity index (χ0n) is 17.6. The second kappa shape index (κ2) is 9.27. The van der Waals surface area contributed by atoms with Gasteiger partial charge in [0.2, 0.25) is 0 Å². The van der Waals surface area contributed by atoms with Gasteiger partial charge >= 0.3 is 0 Å². The number of β-amino-alcohol motifs (C(OH)–C–C–N with tert-alkyl or cyclic N) is 1. The monoisotopic (exact) mass is 417 g/mol. The molecule has 6 nitrogen and oxygen atoms in total. The number of aryl methyl sites for hydroxylation is 3. The molecule has 160 valence electrons. The SMILES string of the molecule is Cc1ccn(CCc2ccccc2)c(=O)c1C(=O)N1C[C@@H](Cc2ccncc2)[C@H](O)C1. The van der Waals surface area contributed by atoms with Crippen LogP contribution in [0.5, 0.6) is 0 Å². The maximum atomic E-state index is 13.3. The number of hydrogen-bond donors (Lipinski definition) is 1. The molecule has 1 amide bonds. The van der Waals surface area contributed by atoms with Crippen LogP contribution in [0.4, 0.5) is 0 Å². The molecular weight excluding hydrogens is 390 g/mol. The minimum absolute atomic E-state index is 0.0596. The highest BCUT2D eigenvalue weighted by Crippen LogP contribution is 2.23. The Balaban J connectivity index is 1.49. The predicted molar refractivity (Wildman–Crippen MR) is 119 cm³/mol. The highest BCUT2D eigenvalue weighted by Gasteiger charge is 2.35. The fourth-order valence-corrected chi connectivity index (χ4v) is 4.20. The molecule has 0 saturated carbocycles. The highest BCUT2D eigenvalue weighted by molar-refractivity contribution is 5.95. The highest BCUT2D eigenvalue weighted by atomic mass is 16.3. The van der Waals surface area contributed by atoms with Gasteiger partial charge in [-0.05, 0) is 54.7 Å². The number of hydrogen-bond acceptors (Lipinski definition) is 4. The minimum atomic E-state index is -0.610. The first-order chi connectivity index (χ1) is 15.0. The lowest BCUT2D eigenvalue weighted by Gasteiger charge is -2.18. The summed E-state index contributed by atoms with van der Waals surface area (Å²) >= 11 is 0. The van der Waals surface area contributed by atoms with Gasteiger partial charge in [-0.1, -0.05) is 30.3 Å². The van der Waals surface area contributed by atoms with Gasteiger partial charge in [-0.25, -0.2) is 0 Å². The number of amides is 1. The van der Waals surface area contributed by atoms with Crippen molar-refractivity contribution in [3.05, 3.63) is 99.7 Å². The second-order valence-electron chi connectivity index (χ2n) is 8.21. The summed E-state index contributed by atoms with van der Waals surface area (Å²) in [5.41, 5.74) is 2.82. The molecule has 4 rings (SSSR count). The number of benzene rings is 1. The van der Waals surface area contributed by atoms with Gasteiger partial charge in [-0.2, -0.15) is 0 Å². The quantitative estimate of drug-likeness (QED) is 0.669. The Bertz CT molecular complexity index is 1100. The van der Waals surface area contributed by atoms with Crippen molar-refractivity contribution in [1.29, 1.82) is 0 Å². The third-order valence-corrected chi connectivity index (χ3v) is 6.01. The minimum Gasteiger partial charge on any atom is -0.391 e. The standard InChI is InChI=1S/C25H27N3O3/c1-18-9-13-27(14-10-19-5-3-2-4-6-19)24(30)23(18)25(31)28-16-21(22(29)17-28)15-20-7-11-26-12-8-20/h2-9,11-13,21-22,29H,10,14-17H2,1H3/t21-,22-/m1/s1. The molecule has 6 heteroatoms. The Morgan fingerprint density at radius 2 is 1.81 bits per heavy atom. The molecular formula is C25H27N3O3. The molecule has 3 heterocycles. The van der Waals surface area contributed by atoms with Crippen LogP contribution in [-0.2, 0) is 19.4 Å². The summed E-state index contributed by atoms with van der Waals surface area (Å²) in [6.45, 7) is 2.97. The third kappa shape index (κ3) is 4.75. The average Bonchev–Trinajstić information content (AvgIpc) is 3.15. The molecule has 1 N–H and O–H groups in total. The molecule has 0 radical (unpaired) electrons. The van der Waals surface area contributed by atoms with E-state index in [4.69, 9.17) is 0 Å². The van der Waals surface area contributed by atoms with E-state index >= 15 is 0 Å². The maximum Gasteiger partial charge on any atom is 0.263 e. The second-order valence-corrected chi connectivity index (χ2v) is 8.21. The van der Waals surface area contributed by atoms with Gasteiger partial charge in [0.25, 0.3) is 11.5 Å².